The van der Waals surface area contributed by atoms with Gasteiger partial charge >= 0.3 is 5.97 Å². The van der Waals surface area contributed by atoms with E-state index in [1.165, 1.54) is 6.20 Å². The largest absolute Gasteiger partial charge is 0.478 e. The van der Waals surface area contributed by atoms with Crippen LogP contribution in [0.15, 0.2) is 41.3 Å². The van der Waals surface area contributed by atoms with Crippen LogP contribution in [0.4, 0.5) is 0 Å². The average Bonchev–Trinajstić information content (AvgIpc) is 2.57. The first-order valence-electron chi connectivity index (χ1n) is 6.58. The predicted molar refractivity (Wildman–Crippen MR) is 93.4 cm³/mol. The van der Waals surface area contributed by atoms with Gasteiger partial charge in [-0.2, -0.15) is 0 Å². The number of aliphatic carboxylic acids is 1. The molecule has 0 aromatic carbocycles. The van der Waals surface area contributed by atoms with Gasteiger partial charge in [0.2, 0.25) is 0 Å². The number of carbonyl (C=O) groups excluding carboxylic acids is 1. The third kappa shape index (κ3) is 6.60. The predicted octanol–water partition coefficient (Wildman–Crippen LogP) is 4.33. The number of hydrogen-bond donors (Lipinski definition) is 1. The molecule has 2 aromatic rings. The van der Waals surface area contributed by atoms with Gasteiger partial charge in [0.25, 0.3) is 0 Å². The Morgan fingerprint density at radius 1 is 1.28 bits per heavy atom. The number of azide groups is 1. The molecule has 2 heterocycles. The van der Waals surface area contributed by atoms with Crippen molar-refractivity contribution < 1.29 is 14.7 Å². The van der Waals surface area contributed by atoms with E-state index in [9.17, 15) is 9.59 Å². The Hall–Kier alpha value is -2.93. The van der Waals surface area contributed by atoms with Crippen molar-refractivity contribution in [1.29, 1.82) is 0 Å². The fourth-order valence-electron chi connectivity index (χ4n) is 1.46. The van der Waals surface area contributed by atoms with Crippen LogP contribution < -0.4 is 0 Å². The van der Waals surface area contributed by atoms with Crippen LogP contribution in [0.2, 0.25) is 10.3 Å². The standard InChI is InChI=1S/C8H5ClN4O2.C7H6ClNO/c9-7-5(2-1-3-11-7)4-6(8(14)15)12-13-10;1-5-2-3-6(4-10)7(8)9-5/h1-4H,(H,14,15);2-4H,1H3/b6-4-;. The number of aryl methyl sites for hydroxylation is 1. The lowest BCUT2D eigenvalue weighted by Gasteiger charge is -1.96. The molecule has 0 radical (unpaired) electrons. The lowest BCUT2D eigenvalue weighted by atomic mass is 10.2. The van der Waals surface area contributed by atoms with Gasteiger partial charge in [-0.15, -0.1) is 0 Å². The van der Waals surface area contributed by atoms with Crippen LogP contribution in [0.5, 0.6) is 0 Å². The molecule has 10 heteroatoms. The van der Waals surface area contributed by atoms with Gasteiger partial charge in [0.05, 0.1) is 5.56 Å². The minimum absolute atomic E-state index is 0.143. The second kappa shape index (κ2) is 10.0. The van der Waals surface area contributed by atoms with Crippen molar-refractivity contribution in [2.24, 2.45) is 5.11 Å². The monoisotopic (exact) mass is 379 g/mol. The van der Waals surface area contributed by atoms with Gasteiger partial charge in [-0.25, -0.2) is 14.8 Å². The van der Waals surface area contributed by atoms with Gasteiger partial charge in [0, 0.05) is 22.4 Å². The van der Waals surface area contributed by atoms with Crippen molar-refractivity contribution in [3.05, 3.63) is 73.7 Å². The van der Waals surface area contributed by atoms with E-state index in [0.717, 1.165) is 11.8 Å². The van der Waals surface area contributed by atoms with Crippen molar-refractivity contribution >= 4 is 41.5 Å². The third-order valence-corrected chi connectivity index (χ3v) is 3.21. The molecule has 0 aliphatic rings. The van der Waals surface area contributed by atoms with Crippen molar-refractivity contribution in [2.45, 2.75) is 6.92 Å². The quantitative estimate of drug-likeness (QED) is 0.211. The number of aromatic nitrogens is 2. The number of carboxylic acid groups (broad SMARTS) is 1. The van der Waals surface area contributed by atoms with Crippen molar-refractivity contribution in [1.82, 2.24) is 9.97 Å². The molecule has 0 fully saturated rings. The Balaban J connectivity index is 0.000000271. The van der Waals surface area contributed by atoms with E-state index in [-0.39, 0.29) is 10.3 Å². The number of hydrogen-bond acceptors (Lipinski definition) is 5. The summed E-state index contributed by atoms with van der Waals surface area (Å²) in [5, 5.41) is 12.1. The fourth-order valence-corrected chi connectivity index (χ4v) is 1.87. The molecule has 2 aromatic heterocycles. The first-order valence-corrected chi connectivity index (χ1v) is 7.33. The number of halogens is 2. The third-order valence-electron chi connectivity index (χ3n) is 2.60. The highest BCUT2D eigenvalue weighted by Gasteiger charge is 2.06. The summed E-state index contributed by atoms with van der Waals surface area (Å²) in [5.74, 6) is -1.33. The van der Waals surface area contributed by atoms with Crippen molar-refractivity contribution in [3.63, 3.8) is 0 Å². The molecule has 0 bridgehead atoms. The van der Waals surface area contributed by atoms with E-state index in [1.807, 2.05) is 6.92 Å². The minimum atomic E-state index is -1.33. The maximum absolute atomic E-state index is 10.6. The number of rotatable bonds is 4. The van der Waals surface area contributed by atoms with E-state index < -0.39 is 11.7 Å². The second-order valence-corrected chi connectivity index (χ2v) is 5.07. The van der Waals surface area contributed by atoms with Crippen LogP contribution in [0.1, 0.15) is 21.6 Å². The zero-order valence-corrected chi connectivity index (χ0v) is 14.3. The van der Waals surface area contributed by atoms with Gasteiger partial charge in [0.15, 0.2) is 6.29 Å². The van der Waals surface area contributed by atoms with E-state index >= 15 is 0 Å². The number of carbonyl (C=O) groups is 2. The molecule has 0 saturated heterocycles. The maximum Gasteiger partial charge on any atom is 0.338 e. The highest BCUT2D eigenvalue weighted by molar-refractivity contribution is 6.31. The molecular weight excluding hydrogens is 369 g/mol. The van der Waals surface area contributed by atoms with Gasteiger partial charge in [-0.05, 0) is 36.7 Å². The molecule has 1 N–H and O–H groups in total. The molecule has 128 valence electrons. The number of carboxylic acids is 1. The van der Waals surface area contributed by atoms with Crippen LogP contribution in [0, 0.1) is 6.92 Å². The Morgan fingerprint density at radius 3 is 2.52 bits per heavy atom. The Labute approximate surface area is 152 Å². The molecule has 0 aliphatic heterocycles. The molecule has 0 aliphatic carbocycles. The number of nitrogens with zero attached hydrogens (tertiary/aromatic N) is 5. The van der Waals surface area contributed by atoms with Gasteiger partial charge in [-0.3, -0.25) is 4.79 Å². The average molecular weight is 380 g/mol. The SMILES string of the molecule is Cc1ccc(C=O)c(Cl)n1.[N-]=[N+]=N/C(=C\c1cccnc1Cl)C(=O)O. The van der Waals surface area contributed by atoms with Crippen LogP contribution in [-0.2, 0) is 4.79 Å². The molecule has 0 saturated carbocycles. The first kappa shape index (κ1) is 20.1. The van der Waals surface area contributed by atoms with Crippen LogP contribution in [-0.4, -0.2) is 27.3 Å². The molecule has 0 atom stereocenters. The zero-order valence-electron chi connectivity index (χ0n) is 12.8. The molecule has 0 unspecified atom stereocenters. The molecule has 8 nitrogen and oxygen atoms in total. The van der Waals surface area contributed by atoms with Gasteiger partial charge < -0.3 is 5.11 Å². The second-order valence-electron chi connectivity index (χ2n) is 4.36. The molecular formula is C15H11Cl2N5O3. The number of aldehydes is 1. The lowest BCUT2D eigenvalue weighted by Crippen LogP contribution is -1.96. The molecule has 25 heavy (non-hydrogen) atoms. The highest BCUT2D eigenvalue weighted by Crippen LogP contribution is 2.16. The van der Waals surface area contributed by atoms with E-state index in [1.54, 1.807) is 24.3 Å². The smallest absolute Gasteiger partial charge is 0.338 e. The lowest BCUT2D eigenvalue weighted by molar-refractivity contribution is -0.132. The molecule has 0 spiro atoms. The van der Waals surface area contributed by atoms with Crippen LogP contribution >= 0.6 is 23.2 Å². The van der Waals surface area contributed by atoms with E-state index in [4.69, 9.17) is 33.8 Å². The van der Waals surface area contributed by atoms with Crippen molar-refractivity contribution in [3.8, 4) is 0 Å². The van der Waals surface area contributed by atoms with Crippen LogP contribution in [0.3, 0.4) is 0 Å². The minimum Gasteiger partial charge on any atom is -0.478 e. The Bertz CT molecular complexity index is 860. The van der Waals surface area contributed by atoms with Crippen molar-refractivity contribution in [2.75, 3.05) is 0 Å². The Morgan fingerprint density at radius 2 is 2.00 bits per heavy atom. The van der Waals surface area contributed by atoms with Gasteiger partial charge in [-0.1, -0.05) is 34.4 Å². The summed E-state index contributed by atoms with van der Waals surface area (Å²) in [5.41, 5.74) is 9.33. The van der Waals surface area contributed by atoms with E-state index in [0.29, 0.717) is 17.4 Å². The summed E-state index contributed by atoms with van der Waals surface area (Å²) >= 11 is 11.3. The molecule has 0 amide bonds. The maximum atomic E-state index is 10.6. The number of pyridine rings is 2. The summed E-state index contributed by atoms with van der Waals surface area (Å²) in [4.78, 5) is 30.8. The summed E-state index contributed by atoms with van der Waals surface area (Å²) < 4.78 is 0. The highest BCUT2D eigenvalue weighted by atomic mass is 35.5. The summed E-state index contributed by atoms with van der Waals surface area (Å²) in [7, 11) is 0. The molecule has 2 rings (SSSR count). The summed E-state index contributed by atoms with van der Waals surface area (Å²) in [6.45, 7) is 1.82. The first-order chi connectivity index (χ1) is 11.9. The fraction of sp³-hybridized carbons (Fsp3) is 0.0667. The Kier molecular flexibility index (Phi) is 8.08. The summed E-state index contributed by atoms with van der Waals surface area (Å²) in [6, 6.07) is 6.55. The zero-order chi connectivity index (χ0) is 18.8. The summed E-state index contributed by atoms with van der Waals surface area (Å²) in [6.07, 6.45) is 3.31. The van der Waals surface area contributed by atoms with Gasteiger partial charge in [0.1, 0.15) is 16.0 Å². The van der Waals surface area contributed by atoms with E-state index in [2.05, 4.69) is 20.0 Å². The van der Waals surface area contributed by atoms with Crippen LogP contribution in [0.25, 0.3) is 16.5 Å². The normalized spacial score (nSPS) is 10.1. The topological polar surface area (TPSA) is 129 Å².